The van der Waals surface area contributed by atoms with Gasteiger partial charge in [-0.1, -0.05) is 38.1 Å². The number of amides is 2. The zero-order chi connectivity index (χ0) is 24.2. The number of alkyl halides is 3. The molecule has 2 atom stereocenters. The molecule has 1 aliphatic rings. The molecule has 33 heavy (non-hydrogen) atoms. The van der Waals surface area contributed by atoms with Crippen molar-refractivity contribution in [1.82, 2.24) is 10.2 Å². The van der Waals surface area contributed by atoms with Gasteiger partial charge >= 0.3 is 6.18 Å². The number of likely N-dealkylation sites (tertiary alicyclic amines) is 1. The SMILES string of the molecule is COc1cccc(C(=O)N2C[C@H](c3cccc(C(F)(F)F)c3)[C@H](C(=O)NCCC(C)C)C2)c1. The molecule has 0 spiro atoms. The maximum absolute atomic E-state index is 13.3. The molecule has 0 radical (unpaired) electrons. The number of nitrogens with zero attached hydrogens (tertiary/aromatic N) is 1. The van der Waals surface area contributed by atoms with Crippen LogP contribution in [0, 0.1) is 11.8 Å². The van der Waals surface area contributed by atoms with Gasteiger partial charge < -0.3 is 15.0 Å². The second-order valence-corrected chi connectivity index (χ2v) is 8.75. The third kappa shape index (κ3) is 6.06. The van der Waals surface area contributed by atoms with Crippen LogP contribution in [0.3, 0.4) is 0 Å². The standard InChI is InChI=1S/C25H29F3N2O3/c1-16(2)10-11-29-23(31)22-15-30(24(32)18-7-5-9-20(13-18)33-3)14-21(22)17-6-4-8-19(12-17)25(26,27)28/h4-9,12-13,16,21-22H,10-11,14-15H2,1-3H3,(H,29,31)/t21-,22-/m1/s1. The van der Waals surface area contributed by atoms with Gasteiger partial charge in [-0.05, 0) is 42.2 Å². The third-order valence-electron chi connectivity index (χ3n) is 5.92. The topological polar surface area (TPSA) is 58.6 Å². The van der Waals surface area contributed by atoms with Gasteiger partial charge in [-0.2, -0.15) is 13.2 Å². The Labute approximate surface area is 191 Å². The van der Waals surface area contributed by atoms with Gasteiger partial charge in [0.1, 0.15) is 5.75 Å². The summed E-state index contributed by atoms with van der Waals surface area (Å²) in [5.74, 6) is -0.796. The lowest BCUT2D eigenvalue weighted by molar-refractivity contribution is -0.137. The quantitative estimate of drug-likeness (QED) is 0.647. The predicted molar refractivity (Wildman–Crippen MR) is 119 cm³/mol. The first-order valence-electron chi connectivity index (χ1n) is 11.0. The van der Waals surface area contributed by atoms with E-state index >= 15 is 0 Å². The molecule has 1 aliphatic heterocycles. The first-order chi connectivity index (χ1) is 15.6. The van der Waals surface area contributed by atoms with Crippen molar-refractivity contribution >= 4 is 11.8 Å². The normalized spacial score (nSPS) is 18.5. The summed E-state index contributed by atoms with van der Waals surface area (Å²) in [5.41, 5.74) is 0.0318. The number of methoxy groups -OCH3 is 1. The van der Waals surface area contributed by atoms with Crippen molar-refractivity contribution in [2.45, 2.75) is 32.4 Å². The van der Waals surface area contributed by atoms with Crippen LogP contribution in [0.5, 0.6) is 5.75 Å². The molecule has 0 unspecified atom stereocenters. The van der Waals surface area contributed by atoms with Gasteiger partial charge in [-0.15, -0.1) is 0 Å². The maximum Gasteiger partial charge on any atom is 0.416 e. The second-order valence-electron chi connectivity index (χ2n) is 8.75. The van der Waals surface area contributed by atoms with Gasteiger partial charge in [0, 0.05) is 31.1 Å². The monoisotopic (exact) mass is 462 g/mol. The number of halogens is 3. The van der Waals surface area contributed by atoms with Gasteiger partial charge in [0.2, 0.25) is 5.91 Å². The van der Waals surface area contributed by atoms with Crippen LogP contribution >= 0.6 is 0 Å². The molecule has 178 valence electrons. The Kier molecular flexibility index (Phi) is 7.66. The number of carbonyl (C=O) groups excluding carboxylic acids is 2. The van der Waals surface area contributed by atoms with E-state index < -0.39 is 23.6 Å². The lowest BCUT2D eigenvalue weighted by atomic mass is 9.87. The Morgan fingerprint density at radius 3 is 2.52 bits per heavy atom. The fourth-order valence-electron chi connectivity index (χ4n) is 4.07. The van der Waals surface area contributed by atoms with Crippen LogP contribution in [0.2, 0.25) is 0 Å². The highest BCUT2D eigenvalue weighted by Crippen LogP contribution is 2.37. The van der Waals surface area contributed by atoms with Crippen LogP contribution < -0.4 is 10.1 Å². The van der Waals surface area contributed by atoms with Gasteiger partial charge in [0.05, 0.1) is 18.6 Å². The Bertz CT molecular complexity index is 991. The zero-order valence-electron chi connectivity index (χ0n) is 19.0. The molecule has 8 heteroatoms. The lowest BCUT2D eigenvalue weighted by Crippen LogP contribution is -2.36. The van der Waals surface area contributed by atoms with E-state index in [9.17, 15) is 22.8 Å². The third-order valence-corrected chi connectivity index (χ3v) is 5.92. The summed E-state index contributed by atoms with van der Waals surface area (Å²) in [6.07, 6.45) is -3.70. The van der Waals surface area contributed by atoms with Gasteiger partial charge in [-0.25, -0.2) is 0 Å². The Morgan fingerprint density at radius 1 is 1.12 bits per heavy atom. The van der Waals surface area contributed by atoms with Crippen molar-refractivity contribution in [3.63, 3.8) is 0 Å². The summed E-state index contributed by atoms with van der Waals surface area (Å²) in [5, 5.41) is 2.90. The molecule has 2 aromatic carbocycles. The first kappa shape index (κ1) is 24.6. The van der Waals surface area contributed by atoms with E-state index in [1.54, 1.807) is 30.3 Å². The number of nitrogens with one attached hydrogen (secondary N) is 1. The van der Waals surface area contributed by atoms with E-state index in [4.69, 9.17) is 4.74 Å². The van der Waals surface area contributed by atoms with Crippen molar-refractivity contribution in [2.75, 3.05) is 26.7 Å². The van der Waals surface area contributed by atoms with Crippen molar-refractivity contribution in [3.05, 3.63) is 65.2 Å². The predicted octanol–water partition coefficient (Wildman–Crippen LogP) is 4.73. The number of ether oxygens (including phenoxy) is 1. The number of rotatable bonds is 7. The molecular formula is C25H29F3N2O3. The van der Waals surface area contributed by atoms with Crippen LogP contribution in [0.25, 0.3) is 0 Å². The Morgan fingerprint density at radius 2 is 1.85 bits per heavy atom. The van der Waals surface area contributed by atoms with E-state index in [2.05, 4.69) is 5.32 Å². The van der Waals surface area contributed by atoms with E-state index in [0.717, 1.165) is 18.6 Å². The Balaban J connectivity index is 1.88. The Hall–Kier alpha value is -3.03. The largest absolute Gasteiger partial charge is 0.497 e. The van der Waals surface area contributed by atoms with Gasteiger partial charge in [0.25, 0.3) is 5.91 Å². The van der Waals surface area contributed by atoms with E-state index in [1.165, 1.54) is 18.1 Å². The molecular weight excluding hydrogens is 433 g/mol. The highest BCUT2D eigenvalue weighted by molar-refractivity contribution is 5.95. The van der Waals surface area contributed by atoms with Crippen LogP contribution in [0.4, 0.5) is 13.2 Å². The van der Waals surface area contributed by atoms with Crippen LogP contribution in [-0.4, -0.2) is 43.5 Å². The van der Waals surface area contributed by atoms with Gasteiger partial charge in [0.15, 0.2) is 0 Å². The minimum absolute atomic E-state index is 0.129. The number of benzene rings is 2. The highest BCUT2D eigenvalue weighted by atomic mass is 19.4. The molecule has 3 rings (SSSR count). The molecule has 2 amide bonds. The first-order valence-corrected chi connectivity index (χ1v) is 11.0. The minimum atomic E-state index is -4.49. The van der Waals surface area contributed by atoms with Crippen molar-refractivity contribution in [1.29, 1.82) is 0 Å². The molecule has 0 bridgehead atoms. The fourth-order valence-corrected chi connectivity index (χ4v) is 4.07. The zero-order valence-corrected chi connectivity index (χ0v) is 19.0. The molecule has 0 saturated carbocycles. The fraction of sp³-hybridized carbons (Fsp3) is 0.440. The molecule has 1 heterocycles. The summed E-state index contributed by atoms with van der Waals surface area (Å²) in [4.78, 5) is 27.7. The highest BCUT2D eigenvalue weighted by Gasteiger charge is 2.41. The van der Waals surface area contributed by atoms with Crippen LogP contribution in [-0.2, 0) is 11.0 Å². The van der Waals surface area contributed by atoms with E-state index in [1.807, 2.05) is 13.8 Å². The number of hydrogen-bond donors (Lipinski definition) is 1. The second kappa shape index (κ2) is 10.3. The molecule has 2 aromatic rings. The minimum Gasteiger partial charge on any atom is -0.497 e. The summed E-state index contributed by atoms with van der Waals surface area (Å²) < 4.78 is 45.1. The average Bonchev–Trinajstić information content (AvgIpc) is 3.23. The van der Waals surface area contributed by atoms with Crippen molar-refractivity contribution in [3.8, 4) is 5.75 Å². The molecule has 1 N–H and O–H groups in total. The lowest BCUT2D eigenvalue weighted by Gasteiger charge is -2.19. The summed E-state index contributed by atoms with van der Waals surface area (Å²) >= 11 is 0. The van der Waals surface area contributed by atoms with Crippen LogP contribution in [0.15, 0.2) is 48.5 Å². The molecule has 0 aromatic heterocycles. The molecule has 5 nitrogen and oxygen atoms in total. The van der Waals surface area contributed by atoms with Crippen molar-refractivity contribution in [2.24, 2.45) is 11.8 Å². The van der Waals surface area contributed by atoms with Crippen molar-refractivity contribution < 1.29 is 27.5 Å². The average molecular weight is 463 g/mol. The van der Waals surface area contributed by atoms with E-state index in [-0.39, 0.29) is 24.9 Å². The molecule has 0 aliphatic carbocycles. The molecule has 1 saturated heterocycles. The summed E-state index contributed by atoms with van der Waals surface area (Å²) in [6, 6.07) is 11.7. The molecule has 1 fully saturated rings. The smallest absolute Gasteiger partial charge is 0.416 e. The summed E-state index contributed by atoms with van der Waals surface area (Å²) in [7, 11) is 1.50. The maximum atomic E-state index is 13.3. The number of hydrogen-bond acceptors (Lipinski definition) is 3. The number of carbonyl (C=O) groups is 2. The van der Waals surface area contributed by atoms with E-state index in [0.29, 0.717) is 29.3 Å². The van der Waals surface area contributed by atoms with Gasteiger partial charge in [-0.3, -0.25) is 9.59 Å². The van der Waals surface area contributed by atoms with Crippen LogP contribution in [0.1, 0.15) is 47.7 Å². The summed E-state index contributed by atoms with van der Waals surface area (Å²) in [6.45, 7) is 4.85.